The Morgan fingerprint density at radius 2 is 1.86 bits per heavy atom. The lowest BCUT2D eigenvalue weighted by Gasteiger charge is -2.15. The zero-order valence-electron chi connectivity index (χ0n) is 15.8. The second-order valence-corrected chi connectivity index (χ2v) is 6.99. The molecule has 0 aromatic heterocycles. The Morgan fingerprint density at radius 3 is 2.43 bits per heavy atom. The lowest BCUT2D eigenvalue weighted by molar-refractivity contribution is -0.384. The maximum atomic E-state index is 12.1. The Kier molecular flexibility index (Phi) is 7.12. The first-order valence-corrected chi connectivity index (χ1v) is 9.10. The summed E-state index contributed by atoms with van der Waals surface area (Å²) in [5.41, 5.74) is 1.81. The van der Waals surface area contributed by atoms with Crippen molar-refractivity contribution in [3.05, 3.63) is 68.2 Å². The van der Waals surface area contributed by atoms with Crippen molar-refractivity contribution >= 4 is 29.2 Å². The molecule has 2 aromatic carbocycles. The number of esters is 1. The Bertz CT molecular complexity index is 894. The largest absolute Gasteiger partial charge is 0.426 e. The van der Waals surface area contributed by atoms with Gasteiger partial charge in [-0.05, 0) is 48.2 Å². The van der Waals surface area contributed by atoms with Crippen LogP contribution in [0.15, 0.2) is 36.4 Å². The molecule has 0 saturated heterocycles. The average Bonchev–Trinajstić information content (AvgIpc) is 2.64. The molecule has 0 atom stereocenters. The van der Waals surface area contributed by atoms with Gasteiger partial charge in [0.2, 0.25) is 0 Å². The minimum Gasteiger partial charge on any atom is -0.426 e. The fourth-order valence-corrected chi connectivity index (χ4v) is 2.67. The molecule has 0 aliphatic rings. The van der Waals surface area contributed by atoms with Crippen LogP contribution in [0.1, 0.15) is 47.7 Å². The molecule has 0 bridgehead atoms. The van der Waals surface area contributed by atoms with Crippen molar-refractivity contribution in [2.45, 2.75) is 33.1 Å². The number of nitro benzene ring substituents is 1. The van der Waals surface area contributed by atoms with Gasteiger partial charge in [0, 0.05) is 29.3 Å². The van der Waals surface area contributed by atoms with Crippen LogP contribution in [0.4, 0.5) is 5.69 Å². The highest BCUT2D eigenvalue weighted by Crippen LogP contribution is 2.32. The number of hydrogen-bond donors (Lipinski definition) is 1. The van der Waals surface area contributed by atoms with Gasteiger partial charge in [0.15, 0.2) is 0 Å². The van der Waals surface area contributed by atoms with Gasteiger partial charge in [-0.15, -0.1) is 0 Å². The molecule has 8 heteroatoms. The number of amides is 1. The van der Waals surface area contributed by atoms with Gasteiger partial charge in [-0.1, -0.05) is 25.4 Å². The van der Waals surface area contributed by atoms with Crippen molar-refractivity contribution in [2.24, 2.45) is 0 Å². The lowest BCUT2D eigenvalue weighted by atomic mass is 10.0. The van der Waals surface area contributed by atoms with E-state index in [0.717, 1.165) is 11.1 Å². The molecule has 0 saturated carbocycles. The van der Waals surface area contributed by atoms with Crippen LogP contribution >= 0.6 is 11.6 Å². The van der Waals surface area contributed by atoms with Crippen LogP contribution in [0.2, 0.25) is 5.02 Å². The maximum Gasteiger partial charge on any atom is 0.312 e. The average molecular weight is 405 g/mol. The van der Waals surface area contributed by atoms with E-state index in [-0.39, 0.29) is 30.1 Å². The van der Waals surface area contributed by atoms with Crippen molar-refractivity contribution in [3.8, 4) is 5.75 Å². The minimum atomic E-state index is -0.540. The van der Waals surface area contributed by atoms with Crippen molar-refractivity contribution in [3.63, 3.8) is 0 Å². The van der Waals surface area contributed by atoms with Gasteiger partial charge in [0.05, 0.1) is 11.3 Å². The van der Waals surface area contributed by atoms with Crippen molar-refractivity contribution in [1.29, 1.82) is 0 Å². The third-order valence-electron chi connectivity index (χ3n) is 4.09. The Hall–Kier alpha value is -2.93. The Labute approximate surface area is 167 Å². The Morgan fingerprint density at radius 1 is 1.21 bits per heavy atom. The van der Waals surface area contributed by atoms with Crippen LogP contribution in [-0.4, -0.2) is 23.3 Å². The highest BCUT2D eigenvalue weighted by atomic mass is 35.5. The molecular weight excluding hydrogens is 384 g/mol. The summed E-state index contributed by atoms with van der Waals surface area (Å²) in [5.74, 6) is -0.313. The summed E-state index contributed by atoms with van der Waals surface area (Å²) in [4.78, 5) is 34.3. The predicted molar refractivity (Wildman–Crippen MR) is 106 cm³/mol. The number of ether oxygens (including phenoxy) is 1. The zero-order valence-corrected chi connectivity index (χ0v) is 16.6. The molecule has 0 aliphatic heterocycles. The van der Waals surface area contributed by atoms with Gasteiger partial charge in [0.1, 0.15) is 5.75 Å². The second-order valence-electron chi connectivity index (χ2n) is 6.58. The fraction of sp³-hybridized carbons (Fsp3) is 0.300. The number of halogens is 1. The van der Waals surface area contributed by atoms with E-state index < -0.39 is 16.8 Å². The maximum absolute atomic E-state index is 12.1. The highest BCUT2D eigenvalue weighted by Gasteiger charge is 2.15. The van der Waals surface area contributed by atoms with E-state index in [0.29, 0.717) is 10.8 Å². The van der Waals surface area contributed by atoms with Crippen LogP contribution < -0.4 is 10.1 Å². The number of carbonyl (C=O) groups excluding carboxylic acids is 2. The van der Waals surface area contributed by atoms with Crippen molar-refractivity contribution in [1.82, 2.24) is 5.32 Å². The van der Waals surface area contributed by atoms with Gasteiger partial charge in [-0.3, -0.25) is 19.7 Å². The first kappa shape index (κ1) is 21.4. The number of non-ortho nitro benzene ring substituents is 1. The first-order valence-electron chi connectivity index (χ1n) is 8.72. The van der Waals surface area contributed by atoms with Crippen LogP contribution in [-0.2, 0) is 4.79 Å². The normalized spacial score (nSPS) is 10.6. The molecule has 28 heavy (non-hydrogen) atoms. The van der Waals surface area contributed by atoms with E-state index in [1.54, 1.807) is 12.1 Å². The summed E-state index contributed by atoms with van der Waals surface area (Å²) in [5, 5.41) is 13.8. The standard InChI is InChI=1S/C20H21ClN2O5/c1-12(2)16-11-17(21)13(3)10-18(16)28-19(24)8-9-22-20(25)14-4-6-15(7-5-14)23(26)27/h4-7,10-12H,8-9H2,1-3H3,(H,22,25). The molecule has 148 valence electrons. The molecule has 0 unspecified atom stereocenters. The van der Waals surface area contributed by atoms with E-state index in [1.165, 1.54) is 24.3 Å². The van der Waals surface area contributed by atoms with E-state index in [2.05, 4.69) is 5.32 Å². The number of carbonyl (C=O) groups is 2. The fourth-order valence-electron chi connectivity index (χ4n) is 2.50. The van der Waals surface area contributed by atoms with Crippen molar-refractivity contribution < 1.29 is 19.2 Å². The molecule has 1 amide bonds. The van der Waals surface area contributed by atoms with Crippen molar-refractivity contribution in [2.75, 3.05) is 6.54 Å². The topological polar surface area (TPSA) is 98.5 Å². The molecular formula is C20H21ClN2O5. The summed E-state index contributed by atoms with van der Waals surface area (Å²) in [6.45, 7) is 5.86. The van der Waals surface area contributed by atoms with E-state index >= 15 is 0 Å². The quantitative estimate of drug-likeness (QED) is 0.319. The molecule has 0 spiro atoms. The number of benzene rings is 2. The molecule has 2 aromatic rings. The highest BCUT2D eigenvalue weighted by molar-refractivity contribution is 6.31. The third-order valence-corrected chi connectivity index (χ3v) is 4.50. The van der Waals surface area contributed by atoms with E-state index in [4.69, 9.17) is 16.3 Å². The first-order chi connectivity index (χ1) is 13.2. The molecule has 0 heterocycles. The van der Waals surface area contributed by atoms with Gasteiger partial charge in [0.25, 0.3) is 11.6 Å². The van der Waals surface area contributed by atoms with Gasteiger partial charge in [-0.25, -0.2) is 0 Å². The van der Waals surface area contributed by atoms with Gasteiger partial charge < -0.3 is 10.1 Å². The second kappa shape index (κ2) is 9.32. The molecule has 0 fully saturated rings. The zero-order chi connectivity index (χ0) is 20.8. The van der Waals surface area contributed by atoms with E-state index in [1.807, 2.05) is 20.8 Å². The van der Waals surface area contributed by atoms with Crippen LogP contribution in [0.3, 0.4) is 0 Å². The number of hydrogen-bond acceptors (Lipinski definition) is 5. The number of nitro groups is 1. The smallest absolute Gasteiger partial charge is 0.312 e. The van der Waals surface area contributed by atoms with Crippen LogP contribution in [0.25, 0.3) is 0 Å². The van der Waals surface area contributed by atoms with Crippen LogP contribution in [0.5, 0.6) is 5.75 Å². The van der Waals surface area contributed by atoms with E-state index in [9.17, 15) is 19.7 Å². The third kappa shape index (κ3) is 5.53. The molecule has 2 rings (SSSR count). The summed E-state index contributed by atoms with van der Waals surface area (Å²) in [6, 6.07) is 8.74. The lowest BCUT2D eigenvalue weighted by Crippen LogP contribution is -2.27. The predicted octanol–water partition coefficient (Wildman–Crippen LogP) is 4.41. The molecule has 1 N–H and O–H groups in total. The molecule has 0 aliphatic carbocycles. The van der Waals surface area contributed by atoms with Gasteiger partial charge >= 0.3 is 5.97 Å². The number of rotatable bonds is 7. The monoisotopic (exact) mass is 404 g/mol. The number of aryl methyl sites for hydroxylation is 1. The summed E-state index contributed by atoms with van der Waals surface area (Å²) >= 11 is 6.14. The number of nitrogens with zero attached hydrogens (tertiary/aromatic N) is 1. The summed E-state index contributed by atoms with van der Waals surface area (Å²) in [6.07, 6.45) is -0.0159. The number of nitrogens with one attached hydrogen (secondary N) is 1. The molecule has 0 radical (unpaired) electrons. The Balaban J connectivity index is 1.92. The minimum absolute atomic E-state index is 0.0159. The molecule has 7 nitrogen and oxygen atoms in total. The SMILES string of the molecule is Cc1cc(OC(=O)CCNC(=O)c2ccc([N+](=O)[O-])cc2)c(C(C)C)cc1Cl. The van der Waals surface area contributed by atoms with Gasteiger partial charge in [-0.2, -0.15) is 0 Å². The summed E-state index contributed by atoms with van der Waals surface area (Å²) < 4.78 is 5.45. The summed E-state index contributed by atoms with van der Waals surface area (Å²) in [7, 11) is 0. The van der Waals surface area contributed by atoms with Crippen LogP contribution in [0, 0.1) is 17.0 Å².